The van der Waals surface area contributed by atoms with Crippen molar-refractivity contribution in [1.82, 2.24) is 0 Å². The Morgan fingerprint density at radius 3 is 2.32 bits per heavy atom. The zero-order valence-corrected chi connectivity index (χ0v) is 10.0. The van der Waals surface area contributed by atoms with E-state index in [4.69, 9.17) is 0 Å². The molecule has 4 nitrogen and oxygen atoms in total. The maximum Gasteiger partial charge on any atom is 0.282 e. The van der Waals surface area contributed by atoms with Gasteiger partial charge in [0.05, 0.1) is 22.5 Å². The molecule has 0 aromatic heterocycles. The molecule has 19 heavy (non-hydrogen) atoms. The van der Waals surface area contributed by atoms with E-state index in [2.05, 4.69) is 0 Å². The minimum absolute atomic E-state index is 0.00856. The zero-order chi connectivity index (χ0) is 13.4. The van der Waals surface area contributed by atoms with Crippen LogP contribution in [0.2, 0.25) is 0 Å². The maximum absolute atomic E-state index is 11.2. The van der Waals surface area contributed by atoms with E-state index in [1.165, 1.54) is 0 Å². The van der Waals surface area contributed by atoms with Gasteiger partial charge >= 0.3 is 0 Å². The van der Waals surface area contributed by atoms with Crippen LogP contribution in [0.4, 0.5) is 5.69 Å². The van der Waals surface area contributed by atoms with Crippen LogP contribution in [-0.4, -0.2) is 10.0 Å². The van der Waals surface area contributed by atoms with E-state index in [1.54, 1.807) is 12.1 Å². The lowest BCUT2D eigenvalue weighted by Crippen LogP contribution is -1.96. The Labute approximate surface area is 109 Å². The van der Waals surface area contributed by atoms with E-state index in [1.807, 2.05) is 36.4 Å². The summed E-state index contributed by atoms with van der Waals surface area (Å²) in [4.78, 5) is 10.8. The van der Waals surface area contributed by atoms with Gasteiger partial charge in [-0.25, -0.2) is 0 Å². The van der Waals surface area contributed by atoms with Crippen LogP contribution in [0.5, 0.6) is 0 Å². The summed E-state index contributed by atoms with van der Waals surface area (Å²) in [5.74, 6) is 0. The number of nitro benzene ring substituents is 1. The Morgan fingerprint density at radius 2 is 1.68 bits per heavy atom. The fourth-order valence-electron chi connectivity index (χ4n) is 2.39. The molecule has 94 valence electrons. The van der Waals surface area contributed by atoms with Crippen LogP contribution in [0.25, 0.3) is 21.5 Å². The molecule has 1 N–H and O–H groups in total. The SMILES string of the molecule is O=[N+]([O-])c1c(CO)ccc2cc3ccccc3cc12. The third-order valence-corrected chi connectivity index (χ3v) is 3.29. The standard InChI is InChI=1S/C15H11NO3/c17-9-13-6-5-12-7-10-3-1-2-4-11(10)8-14(12)15(13)16(18)19/h1-8,17H,9H2. The molecule has 3 aromatic carbocycles. The number of aliphatic hydroxyl groups excluding tert-OH is 1. The van der Waals surface area contributed by atoms with Gasteiger partial charge in [-0.2, -0.15) is 0 Å². The molecule has 0 radical (unpaired) electrons. The number of hydrogen-bond donors (Lipinski definition) is 1. The summed E-state index contributed by atoms with van der Waals surface area (Å²) in [5.41, 5.74) is 0.332. The van der Waals surface area contributed by atoms with E-state index >= 15 is 0 Å². The highest BCUT2D eigenvalue weighted by molar-refractivity contribution is 6.02. The molecular weight excluding hydrogens is 242 g/mol. The monoisotopic (exact) mass is 253 g/mol. The van der Waals surface area contributed by atoms with Crippen LogP contribution < -0.4 is 0 Å². The third kappa shape index (κ3) is 1.82. The molecule has 0 aliphatic rings. The lowest BCUT2D eigenvalue weighted by Gasteiger charge is -2.06. The van der Waals surface area contributed by atoms with Crippen LogP contribution in [0, 0.1) is 10.1 Å². The summed E-state index contributed by atoms with van der Waals surface area (Å²) in [6.07, 6.45) is 0. The van der Waals surface area contributed by atoms with Crippen molar-refractivity contribution in [3.63, 3.8) is 0 Å². The Kier molecular flexibility index (Phi) is 2.65. The van der Waals surface area contributed by atoms with Gasteiger partial charge in [0.15, 0.2) is 0 Å². The quantitative estimate of drug-likeness (QED) is 0.432. The number of rotatable bonds is 2. The summed E-state index contributed by atoms with van der Waals surface area (Å²) in [7, 11) is 0. The first-order valence-electron chi connectivity index (χ1n) is 5.90. The number of fused-ring (bicyclic) bond motifs is 2. The van der Waals surface area contributed by atoms with E-state index in [9.17, 15) is 15.2 Å². The van der Waals surface area contributed by atoms with Crippen LogP contribution in [-0.2, 0) is 6.61 Å². The second-order valence-corrected chi connectivity index (χ2v) is 4.41. The Bertz CT molecular complexity index is 796. The Morgan fingerprint density at radius 1 is 1.00 bits per heavy atom. The molecular formula is C15H11NO3. The van der Waals surface area contributed by atoms with Crippen LogP contribution >= 0.6 is 0 Å². The zero-order valence-electron chi connectivity index (χ0n) is 10.0. The predicted octanol–water partition coefficient (Wildman–Crippen LogP) is 3.39. The average Bonchev–Trinajstić information content (AvgIpc) is 2.43. The fourth-order valence-corrected chi connectivity index (χ4v) is 2.39. The largest absolute Gasteiger partial charge is 0.391 e. The van der Waals surface area contributed by atoms with Gasteiger partial charge in [-0.15, -0.1) is 0 Å². The molecule has 0 bridgehead atoms. The predicted molar refractivity (Wildman–Crippen MR) is 74.0 cm³/mol. The number of hydrogen-bond acceptors (Lipinski definition) is 3. The topological polar surface area (TPSA) is 63.4 Å². The highest BCUT2D eigenvalue weighted by Gasteiger charge is 2.18. The molecule has 3 aromatic rings. The van der Waals surface area contributed by atoms with Crippen LogP contribution in [0.1, 0.15) is 5.56 Å². The van der Waals surface area contributed by atoms with Gasteiger partial charge in [0.2, 0.25) is 0 Å². The van der Waals surface area contributed by atoms with E-state index in [-0.39, 0.29) is 12.3 Å². The lowest BCUT2D eigenvalue weighted by molar-refractivity contribution is -0.384. The van der Waals surface area contributed by atoms with Crippen molar-refractivity contribution in [2.24, 2.45) is 0 Å². The minimum Gasteiger partial charge on any atom is -0.391 e. The summed E-state index contributed by atoms with van der Waals surface area (Å²) in [5, 5.41) is 23.8. The highest BCUT2D eigenvalue weighted by Crippen LogP contribution is 2.32. The molecule has 0 atom stereocenters. The molecule has 3 rings (SSSR count). The molecule has 0 saturated heterocycles. The van der Waals surface area contributed by atoms with Gasteiger partial charge in [0, 0.05) is 0 Å². The molecule has 0 amide bonds. The molecule has 4 heteroatoms. The van der Waals surface area contributed by atoms with Crippen LogP contribution in [0.3, 0.4) is 0 Å². The second-order valence-electron chi connectivity index (χ2n) is 4.41. The number of benzene rings is 3. The molecule has 0 aliphatic heterocycles. The first-order chi connectivity index (χ1) is 9.20. The summed E-state index contributed by atoms with van der Waals surface area (Å²) in [6.45, 7) is -0.334. The molecule has 0 spiro atoms. The van der Waals surface area contributed by atoms with Crippen molar-refractivity contribution in [1.29, 1.82) is 0 Å². The normalized spacial score (nSPS) is 11.0. The van der Waals surface area contributed by atoms with Gasteiger partial charge in [-0.3, -0.25) is 10.1 Å². The van der Waals surface area contributed by atoms with E-state index < -0.39 is 4.92 Å². The number of nitrogens with zero attached hydrogens (tertiary/aromatic N) is 1. The molecule has 0 aliphatic carbocycles. The molecule has 0 fully saturated rings. The van der Waals surface area contributed by atoms with Gasteiger partial charge < -0.3 is 5.11 Å². The van der Waals surface area contributed by atoms with Crippen molar-refractivity contribution in [2.75, 3.05) is 0 Å². The van der Waals surface area contributed by atoms with Crippen LogP contribution in [0.15, 0.2) is 48.5 Å². The maximum atomic E-state index is 11.2. The van der Waals surface area contributed by atoms with Crippen molar-refractivity contribution < 1.29 is 10.0 Å². The van der Waals surface area contributed by atoms with E-state index in [0.29, 0.717) is 10.9 Å². The Balaban J connectivity index is 2.47. The van der Waals surface area contributed by atoms with Crippen molar-refractivity contribution in [3.05, 3.63) is 64.2 Å². The summed E-state index contributed by atoms with van der Waals surface area (Å²) >= 11 is 0. The first-order valence-corrected chi connectivity index (χ1v) is 5.90. The smallest absolute Gasteiger partial charge is 0.282 e. The number of aliphatic hydroxyl groups is 1. The second kappa shape index (κ2) is 4.33. The van der Waals surface area contributed by atoms with E-state index in [0.717, 1.165) is 16.2 Å². The summed E-state index contributed by atoms with van der Waals surface area (Å²) in [6, 6.07) is 14.9. The number of nitro groups is 1. The van der Waals surface area contributed by atoms with Gasteiger partial charge in [-0.1, -0.05) is 30.3 Å². The Hall–Kier alpha value is -2.46. The van der Waals surface area contributed by atoms with Gasteiger partial charge in [0.25, 0.3) is 5.69 Å². The van der Waals surface area contributed by atoms with Gasteiger partial charge in [0.1, 0.15) is 0 Å². The van der Waals surface area contributed by atoms with Crippen molar-refractivity contribution in [2.45, 2.75) is 6.61 Å². The molecule has 0 saturated carbocycles. The molecule has 0 unspecified atom stereocenters. The summed E-state index contributed by atoms with van der Waals surface area (Å²) < 4.78 is 0. The first kappa shape index (κ1) is 11.6. The van der Waals surface area contributed by atoms with Crippen molar-refractivity contribution in [3.8, 4) is 0 Å². The molecule has 0 heterocycles. The minimum atomic E-state index is -0.428. The average molecular weight is 253 g/mol. The van der Waals surface area contributed by atoms with Crippen molar-refractivity contribution >= 4 is 27.2 Å². The fraction of sp³-hybridized carbons (Fsp3) is 0.0667. The highest BCUT2D eigenvalue weighted by atomic mass is 16.6. The third-order valence-electron chi connectivity index (χ3n) is 3.29. The van der Waals surface area contributed by atoms with Gasteiger partial charge in [-0.05, 0) is 34.4 Å². The lowest BCUT2D eigenvalue weighted by atomic mass is 10.00.